The number of nitrogens with zero attached hydrogens (tertiary/aromatic N) is 1. The lowest BCUT2D eigenvalue weighted by molar-refractivity contribution is 0.0823. The van der Waals surface area contributed by atoms with Gasteiger partial charge in [-0.05, 0) is 31.0 Å². The Kier molecular flexibility index (Phi) is 3.51. The van der Waals surface area contributed by atoms with Crippen LogP contribution in [0.15, 0.2) is 23.1 Å². The summed E-state index contributed by atoms with van der Waals surface area (Å²) in [7, 11) is -0.854. The van der Waals surface area contributed by atoms with Gasteiger partial charge in [0.1, 0.15) is 5.75 Å². The summed E-state index contributed by atoms with van der Waals surface area (Å²) in [6.45, 7) is 0. The van der Waals surface area contributed by atoms with Gasteiger partial charge in [0.25, 0.3) is 5.91 Å². The van der Waals surface area contributed by atoms with E-state index >= 15 is 0 Å². The Morgan fingerprint density at radius 1 is 1.37 bits per heavy atom. The fourth-order valence-corrected chi connectivity index (χ4v) is 2.33. The van der Waals surface area contributed by atoms with Crippen molar-refractivity contribution in [2.24, 2.45) is 5.14 Å². The Morgan fingerprint density at radius 3 is 2.47 bits per heavy atom. The normalized spacial score (nSPS) is 15.1. The fraction of sp³-hybridized carbons (Fsp3) is 0.417. The van der Waals surface area contributed by atoms with Crippen LogP contribution in [0.4, 0.5) is 0 Å². The predicted molar refractivity (Wildman–Crippen MR) is 69.5 cm³/mol. The first kappa shape index (κ1) is 13.8. The first-order valence-corrected chi connectivity index (χ1v) is 7.39. The Hall–Kier alpha value is -1.60. The number of amides is 1. The molecule has 0 atom stereocenters. The zero-order valence-corrected chi connectivity index (χ0v) is 11.6. The molecule has 1 aromatic rings. The predicted octanol–water partition coefficient (Wildman–Crippen LogP) is 0.577. The van der Waals surface area contributed by atoms with Gasteiger partial charge >= 0.3 is 0 Å². The molecule has 7 heteroatoms. The second-order valence-corrected chi connectivity index (χ2v) is 6.25. The molecule has 1 aliphatic carbocycles. The molecule has 0 aliphatic heterocycles. The second kappa shape index (κ2) is 4.82. The van der Waals surface area contributed by atoms with Crippen molar-refractivity contribution in [2.75, 3.05) is 14.1 Å². The van der Waals surface area contributed by atoms with Crippen LogP contribution in [-0.2, 0) is 10.0 Å². The van der Waals surface area contributed by atoms with Crippen molar-refractivity contribution in [3.8, 4) is 5.75 Å². The summed E-state index contributed by atoms with van der Waals surface area (Å²) in [6.07, 6.45) is 2.13. The van der Waals surface area contributed by atoms with Crippen molar-refractivity contribution < 1.29 is 17.9 Å². The molecular formula is C12H16N2O4S. The number of carbonyl (C=O) groups excluding carboxylic acids is 1. The monoisotopic (exact) mass is 284 g/mol. The third-order valence-electron chi connectivity index (χ3n) is 2.72. The van der Waals surface area contributed by atoms with Crippen molar-refractivity contribution in [1.82, 2.24) is 4.90 Å². The molecular weight excluding hydrogens is 268 g/mol. The van der Waals surface area contributed by atoms with E-state index in [1.807, 2.05) is 0 Å². The van der Waals surface area contributed by atoms with Crippen molar-refractivity contribution in [1.29, 1.82) is 0 Å². The lowest BCUT2D eigenvalue weighted by Crippen LogP contribution is -2.25. The number of primary sulfonamides is 1. The van der Waals surface area contributed by atoms with E-state index in [1.54, 1.807) is 14.1 Å². The smallest absolute Gasteiger partial charge is 0.254 e. The van der Waals surface area contributed by atoms with Crippen LogP contribution >= 0.6 is 0 Å². The van der Waals surface area contributed by atoms with Crippen LogP contribution in [0.5, 0.6) is 5.75 Å². The van der Waals surface area contributed by atoms with Gasteiger partial charge in [-0.25, -0.2) is 13.6 Å². The maximum atomic E-state index is 12.0. The highest BCUT2D eigenvalue weighted by Crippen LogP contribution is 2.29. The van der Waals surface area contributed by atoms with Gasteiger partial charge in [-0.15, -0.1) is 0 Å². The molecule has 0 bridgehead atoms. The van der Waals surface area contributed by atoms with Gasteiger partial charge in [-0.2, -0.15) is 0 Å². The maximum Gasteiger partial charge on any atom is 0.254 e. The highest BCUT2D eigenvalue weighted by atomic mass is 32.2. The van der Waals surface area contributed by atoms with Crippen molar-refractivity contribution in [3.63, 3.8) is 0 Å². The van der Waals surface area contributed by atoms with Crippen LogP contribution in [-0.4, -0.2) is 39.4 Å². The topological polar surface area (TPSA) is 89.7 Å². The fourth-order valence-electron chi connectivity index (χ4n) is 1.62. The number of hydrogen-bond donors (Lipinski definition) is 1. The molecule has 2 rings (SSSR count). The van der Waals surface area contributed by atoms with E-state index in [1.165, 1.54) is 23.1 Å². The zero-order valence-electron chi connectivity index (χ0n) is 10.8. The highest BCUT2D eigenvalue weighted by Gasteiger charge is 2.26. The summed E-state index contributed by atoms with van der Waals surface area (Å²) < 4.78 is 28.5. The lowest BCUT2D eigenvalue weighted by atomic mass is 10.2. The Morgan fingerprint density at radius 2 is 2.00 bits per heavy atom. The molecule has 0 saturated heterocycles. The summed E-state index contributed by atoms with van der Waals surface area (Å²) in [5.74, 6) is 0.0605. The number of ether oxygens (including phenoxy) is 1. The lowest BCUT2D eigenvalue weighted by Gasteiger charge is -2.14. The van der Waals surface area contributed by atoms with Crippen LogP contribution in [0, 0.1) is 0 Å². The third kappa shape index (κ3) is 3.24. The van der Waals surface area contributed by atoms with Gasteiger partial charge < -0.3 is 9.64 Å². The number of hydrogen-bond acceptors (Lipinski definition) is 4. The van der Waals surface area contributed by atoms with Crippen LogP contribution in [0.3, 0.4) is 0 Å². The number of benzene rings is 1. The molecule has 0 radical (unpaired) electrons. The molecule has 1 aliphatic rings. The van der Waals surface area contributed by atoms with Crippen molar-refractivity contribution in [3.05, 3.63) is 23.8 Å². The zero-order chi connectivity index (χ0) is 14.2. The minimum absolute atomic E-state index is 0.0330. The Bertz CT molecular complexity index is 606. The molecule has 104 valence electrons. The molecule has 1 fully saturated rings. The molecule has 0 spiro atoms. The van der Waals surface area contributed by atoms with E-state index in [2.05, 4.69) is 0 Å². The summed E-state index contributed by atoms with van der Waals surface area (Å²) in [6, 6.07) is 4.26. The summed E-state index contributed by atoms with van der Waals surface area (Å²) in [4.78, 5) is 13.1. The van der Waals surface area contributed by atoms with Crippen molar-refractivity contribution in [2.45, 2.75) is 23.8 Å². The summed E-state index contributed by atoms with van der Waals surface area (Å²) >= 11 is 0. The van der Waals surface area contributed by atoms with Crippen LogP contribution in [0.1, 0.15) is 23.2 Å². The Labute approximate surface area is 112 Å². The molecule has 0 heterocycles. The number of nitrogens with two attached hydrogens (primary N) is 1. The van der Waals surface area contributed by atoms with Gasteiger partial charge in [0, 0.05) is 14.1 Å². The third-order valence-corrected chi connectivity index (χ3v) is 3.69. The molecule has 19 heavy (non-hydrogen) atoms. The molecule has 1 saturated carbocycles. The number of sulfonamides is 1. The second-order valence-electron chi connectivity index (χ2n) is 4.72. The number of rotatable bonds is 4. The first-order valence-electron chi connectivity index (χ1n) is 5.84. The van der Waals surface area contributed by atoms with Gasteiger partial charge in [0.2, 0.25) is 10.0 Å². The van der Waals surface area contributed by atoms with Crippen LogP contribution in [0.25, 0.3) is 0 Å². The van der Waals surface area contributed by atoms with E-state index in [4.69, 9.17) is 9.88 Å². The van der Waals surface area contributed by atoms with Gasteiger partial charge in [0.15, 0.2) is 0 Å². The average Bonchev–Trinajstić information content (AvgIpc) is 3.10. The minimum atomic E-state index is -3.94. The molecule has 1 amide bonds. The number of carbonyl (C=O) groups is 1. The van der Waals surface area contributed by atoms with E-state index in [-0.39, 0.29) is 16.6 Å². The van der Waals surface area contributed by atoms with E-state index in [0.29, 0.717) is 5.75 Å². The van der Waals surface area contributed by atoms with Gasteiger partial charge in [-0.3, -0.25) is 4.79 Å². The van der Waals surface area contributed by atoms with E-state index < -0.39 is 15.9 Å². The summed E-state index contributed by atoms with van der Waals surface area (Å²) in [5.41, 5.74) is 0.0330. The molecule has 0 unspecified atom stereocenters. The van der Waals surface area contributed by atoms with Crippen molar-refractivity contribution >= 4 is 15.9 Å². The van der Waals surface area contributed by atoms with E-state index in [9.17, 15) is 13.2 Å². The first-order chi connectivity index (χ1) is 8.79. The SMILES string of the molecule is CN(C)C(=O)c1cc(OC2CC2)ccc1S(N)(=O)=O. The molecule has 2 N–H and O–H groups in total. The van der Waals surface area contributed by atoms with E-state index in [0.717, 1.165) is 12.8 Å². The maximum absolute atomic E-state index is 12.0. The average molecular weight is 284 g/mol. The summed E-state index contributed by atoms with van der Waals surface area (Å²) in [5, 5.41) is 5.12. The van der Waals surface area contributed by atoms with Gasteiger partial charge in [0.05, 0.1) is 16.6 Å². The van der Waals surface area contributed by atoms with Crippen LogP contribution in [0.2, 0.25) is 0 Å². The molecule has 0 aromatic heterocycles. The quantitative estimate of drug-likeness (QED) is 0.875. The standard InChI is InChI=1S/C12H16N2O4S/c1-14(2)12(15)10-7-9(18-8-3-4-8)5-6-11(10)19(13,16)17/h5-8H,3-4H2,1-2H3,(H2,13,16,17). The van der Waals surface area contributed by atoms with Gasteiger partial charge in [-0.1, -0.05) is 0 Å². The highest BCUT2D eigenvalue weighted by molar-refractivity contribution is 7.89. The van der Waals surface area contributed by atoms with Crippen LogP contribution < -0.4 is 9.88 Å². The molecule has 1 aromatic carbocycles. The minimum Gasteiger partial charge on any atom is -0.490 e. The largest absolute Gasteiger partial charge is 0.490 e. The molecule has 6 nitrogen and oxygen atoms in total. The Balaban J connectivity index is 2.46.